The minimum Gasteiger partial charge on any atom is -0.368 e. The van der Waals surface area contributed by atoms with Crippen molar-refractivity contribution in [3.8, 4) is 0 Å². The molecule has 1 atom stereocenters. The molecule has 0 aromatic carbocycles. The first kappa shape index (κ1) is 15.8. The molecule has 1 aromatic heterocycles. The van der Waals surface area contributed by atoms with Crippen molar-refractivity contribution in [1.82, 2.24) is 19.8 Å². The molecule has 0 spiro atoms. The zero-order valence-electron chi connectivity index (χ0n) is 14.2. The summed E-state index contributed by atoms with van der Waals surface area (Å²) in [6, 6.07) is 2.63. The fraction of sp³-hybridized carbons (Fsp3) is 0.722. The van der Waals surface area contributed by atoms with E-state index < -0.39 is 0 Å². The molecule has 1 saturated carbocycles. The van der Waals surface area contributed by atoms with Crippen molar-refractivity contribution in [2.75, 3.05) is 31.9 Å². The molecule has 3 fully saturated rings. The molecule has 1 amide bonds. The van der Waals surface area contributed by atoms with E-state index in [9.17, 15) is 4.79 Å². The highest BCUT2D eigenvalue weighted by Crippen LogP contribution is 2.32. The predicted molar refractivity (Wildman–Crippen MR) is 92.3 cm³/mol. The number of anilines is 1. The van der Waals surface area contributed by atoms with Gasteiger partial charge in [0.2, 0.25) is 11.9 Å². The van der Waals surface area contributed by atoms with Gasteiger partial charge in [-0.05, 0) is 31.9 Å². The van der Waals surface area contributed by atoms with E-state index in [-0.39, 0.29) is 5.92 Å². The largest absolute Gasteiger partial charge is 0.368 e. The Kier molecular flexibility index (Phi) is 4.39. The van der Waals surface area contributed by atoms with E-state index in [0.717, 1.165) is 44.3 Å². The van der Waals surface area contributed by atoms with Crippen LogP contribution in [0.2, 0.25) is 0 Å². The van der Waals surface area contributed by atoms with Crippen molar-refractivity contribution in [3.05, 3.63) is 18.0 Å². The standard InChI is InChI=1S/C18H27N5O/c19-18-20-8-6-16(21-18)14-11-23(12-14)17(24)13-7-9-22(10-13)15-4-2-1-3-5-15/h6,8,13-15H,1-5,7,9-12H2,(H2,19,20,21). The summed E-state index contributed by atoms with van der Waals surface area (Å²) in [5.74, 6) is 1.17. The minimum absolute atomic E-state index is 0.198. The molecule has 2 saturated heterocycles. The van der Waals surface area contributed by atoms with Crippen LogP contribution in [0.15, 0.2) is 12.3 Å². The van der Waals surface area contributed by atoms with Crippen LogP contribution in [0.5, 0.6) is 0 Å². The molecule has 3 heterocycles. The highest BCUT2D eigenvalue weighted by Gasteiger charge is 2.39. The quantitative estimate of drug-likeness (QED) is 0.912. The summed E-state index contributed by atoms with van der Waals surface area (Å²) in [5, 5.41) is 0. The third-order valence-corrected chi connectivity index (χ3v) is 5.97. The van der Waals surface area contributed by atoms with Gasteiger partial charge >= 0.3 is 0 Å². The molecule has 1 aliphatic carbocycles. The molecule has 4 rings (SSSR count). The number of nitrogens with two attached hydrogens (primary N) is 1. The maximum Gasteiger partial charge on any atom is 0.227 e. The number of rotatable bonds is 3. The molecule has 130 valence electrons. The van der Waals surface area contributed by atoms with Crippen LogP contribution >= 0.6 is 0 Å². The van der Waals surface area contributed by atoms with E-state index >= 15 is 0 Å². The third kappa shape index (κ3) is 3.11. The topological polar surface area (TPSA) is 75.3 Å². The number of carbonyl (C=O) groups is 1. The summed E-state index contributed by atoms with van der Waals surface area (Å²) in [6.07, 6.45) is 9.46. The van der Waals surface area contributed by atoms with E-state index in [2.05, 4.69) is 14.9 Å². The van der Waals surface area contributed by atoms with Gasteiger partial charge < -0.3 is 10.6 Å². The number of hydrogen-bond donors (Lipinski definition) is 1. The smallest absolute Gasteiger partial charge is 0.227 e. The molecule has 24 heavy (non-hydrogen) atoms. The van der Waals surface area contributed by atoms with Gasteiger partial charge in [0, 0.05) is 37.8 Å². The molecule has 6 heteroatoms. The molecule has 0 bridgehead atoms. The zero-order chi connectivity index (χ0) is 16.5. The summed E-state index contributed by atoms with van der Waals surface area (Å²) >= 11 is 0. The van der Waals surface area contributed by atoms with Crippen LogP contribution in [0.25, 0.3) is 0 Å². The Morgan fingerprint density at radius 1 is 1.12 bits per heavy atom. The Bertz CT molecular complexity index is 595. The first-order chi connectivity index (χ1) is 11.7. The van der Waals surface area contributed by atoms with Gasteiger partial charge in [0.1, 0.15) is 0 Å². The number of hydrogen-bond acceptors (Lipinski definition) is 5. The van der Waals surface area contributed by atoms with E-state index in [0.29, 0.717) is 17.8 Å². The van der Waals surface area contributed by atoms with Crippen molar-refractivity contribution in [1.29, 1.82) is 0 Å². The molecule has 0 radical (unpaired) electrons. The van der Waals surface area contributed by atoms with Gasteiger partial charge in [-0.1, -0.05) is 19.3 Å². The van der Waals surface area contributed by atoms with Gasteiger partial charge in [0.15, 0.2) is 0 Å². The van der Waals surface area contributed by atoms with E-state index in [1.165, 1.54) is 32.1 Å². The second-order valence-corrected chi connectivity index (χ2v) is 7.55. The molecule has 1 aromatic rings. The Labute approximate surface area is 143 Å². The maximum absolute atomic E-state index is 12.7. The van der Waals surface area contributed by atoms with Crippen molar-refractivity contribution in [2.24, 2.45) is 5.92 Å². The number of nitrogens with zero attached hydrogens (tertiary/aromatic N) is 4. The van der Waals surface area contributed by atoms with Gasteiger partial charge in [-0.15, -0.1) is 0 Å². The average Bonchev–Trinajstić information content (AvgIpc) is 3.04. The summed E-state index contributed by atoms with van der Waals surface area (Å²) in [7, 11) is 0. The molecule has 2 N–H and O–H groups in total. The zero-order valence-corrected chi connectivity index (χ0v) is 14.2. The van der Waals surface area contributed by atoms with E-state index in [4.69, 9.17) is 5.73 Å². The van der Waals surface area contributed by atoms with Crippen molar-refractivity contribution < 1.29 is 4.79 Å². The van der Waals surface area contributed by atoms with E-state index in [1.807, 2.05) is 11.0 Å². The molecule has 1 unspecified atom stereocenters. The Hall–Kier alpha value is -1.69. The van der Waals surface area contributed by atoms with Crippen LogP contribution in [0.4, 0.5) is 5.95 Å². The Morgan fingerprint density at radius 3 is 2.67 bits per heavy atom. The molecule has 6 nitrogen and oxygen atoms in total. The normalized spacial score (nSPS) is 26.5. The lowest BCUT2D eigenvalue weighted by atomic mass is 9.93. The lowest BCUT2D eigenvalue weighted by molar-refractivity contribution is -0.139. The maximum atomic E-state index is 12.7. The summed E-state index contributed by atoms with van der Waals surface area (Å²) in [5.41, 5.74) is 6.61. The monoisotopic (exact) mass is 329 g/mol. The number of carbonyl (C=O) groups excluding carboxylic acids is 1. The molecular weight excluding hydrogens is 302 g/mol. The third-order valence-electron chi connectivity index (χ3n) is 5.97. The van der Waals surface area contributed by atoms with Crippen LogP contribution in [-0.2, 0) is 4.79 Å². The van der Waals surface area contributed by atoms with Gasteiger partial charge in [0.05, 0.1) is 11.6 Å². The van der Waals surface area contributed by atoms with Crippen LogP contribution in [0.1, 0.15) is 50.1 Å². The summed E-state index contributed by atoms with van der Waals surface area (Å²) < 4.78 is 0. The van der Waals surface area contributed by atoms with Crippen molar-refractivity contribution in [2.45, 2.75) is 50.5 Å². The van der Waals surface area contributed by atoms with Crippen LogP contribution < -0.4 is 5.73 Å². The first-order valence-corrected chi connectivity index (χ1v) is 9.32. The van der Waals surface area contributed by atoms with Crippen LogP contribution in [0, 0.1) is 5.92 Å². The van der Waals surface area contributed by atoms with Gasteiger partial charge in [-0.2, -0.15) is 0 Å². The van der Waals surface area contributed by atoms with Crippen molar-refractivity contribution in [3.63, 3.8) is 0 Å². The second kappa shape index (κ2) is 6.67. The Morgan fingerprint density at radius 2 is 1.92 bits per heavy atom. The number of aromatic nitrogens is 2. The number of nitrogen functional groups attached to an aromatic ring is 1. The summed E-state index contributed by atoms with van der Waals surface area (Å²) in [6.45, 7) is 3.61. The van der Waals surface area contributed by atoms with Gasteiger partial charge in [0.25, 0.3) is 0 Å². The predicted octanol–water partition coefficient (Wildman–Crippen LogP) is 1.64. The first-order valence-electron chi connectivity index (χ1n) is 9.32. The number of amides is 1. The lowest BCUT2D eigenvalue weighted by Crippen LogP contribution is -2.51. The minimum atomic E-state index is 0.198. The second-order valence-electron chi connectivity index (χ2n) is 7.55. The summed E-state index contributed by atoms with van der Waals surface area (Å²) in [4.78, 5) is 25.5. The SMILES string of the molecule is Nc1nccc(C2CN(C(=O)C3CCN(C4CCCCC4)C3)C2)n1. The highest BCUT2D eigenvalue weighted by molar-refractivity contribution is 5.80. The van der Waals surface area contributed by atoms with Gasteiger partial charge in [-0.25, -0.2) is 9.97 Å². The fourth-order valence-electron chi connectivity index (χ4n) is 4.49. The fourth-order valence-corrected chi connectivity index (χ4v) is 4.49. The van der Waals surface area contributed by atoms with Crippen LogP contribution in [-0.4, -0.2) is 57.9 Å². The number of likely N-dealkylation sites (tertiary alicyclic amines) is 2. The van der Waals surface area contributed by atoms with Gasteiger partial charge in [-0.3, -0.25) is 9.69 Å². The van der Waals surface area contributed by atoms with Crippen LogP contribution in [0.3, 0.4) is 0 Å². The van der Waals surface area contributed by atoms with E-state index in [1.54, 1.807) is 6.20 Å². The molecular formula is C18H27N5O. The lowest BCUT2D eigenvalue weighted by Gasteiger charge is -2.40. The Balaban J connectivity index is 1.28. The van der Waals surface area contributed by atoms with Crippen molar-refractivity contribution >= 4 is 11.9 Å². The highest BCUT2D eigenvalue weighted by atomic mass is 16.2. The average molecular weight is 329 g/mol. The molecule has 2 aliphatic heterocycles. The molecule has 3 aliphatic rings.